The molecule has 0 spiro atoms. The van der Waals surface area contributed by atoms with Gasteiger partial charge in [0.05, 0.1) is 6.54 Å². The van der Waals surface area contributed by atoms with Gasteiger partial charge < -0.3 is 10.2 Å². The van der Waals surface area contributed by atoms with E-state index >= 15 is 0 Å². The summed E-state index contributed by atoms with van der Waals surface area (Å²) in [5.74, 6) is 2.12. The summed E-state index contributed by atoms with van der Waals surface area (Å²) in [6.45, 7) is 2.32. The van der Waals surface area contributed by atoms with E-state index in [2.05, 4.69) is 10.6 Å². The van der Waals surface area contributed by atoms with Crippen molar-refractivity contribution in [3.63, 3.8) is 0 Å². The van der Waals surface area contributed by atoms with E-state index in [0.717, 1.165) is 24.6 Å². The molecule has 2 amide bonds. The van der Waals surface area contributed by atoms with Gasteiger partial charge in [-0.15, -0.1) is 0 Å². The SMILES string of the molecule is O=C1CNC(C(=O)N2CCSCC2)CN1. The van der Waals surface area contributed by atoms with Gasteiger partial charge in [0.1, 0.15) is 6.04 Å². The quantitative estimate of drug-likeness (QED) is 0.583. The predicted octanol–water partition coefficient (Wildman–Crippen LogP) is -1.35. The summed E-state index contributed by atoms with van der Waals surface area (Å²) in [5.41, 5.74) is 0. The first-order valence-electron chi connectivity index (χ1n) is 5.14. The summed E-state index contributed by atoms with van der Waals surface area (Å²) in [6, 6.07) is -0.231. The molecule has 5 nitrogen and oxygen atoms in total. The lowest BCUT2D eigenvalue weighted by molar-refractivity contribution is -0.134. The van der Waals surface area contributed by atoms with Crippen LogP contribution in [0.1, 0.15) is 0 Å². The maximum absolute atomic E-state index is 12.0. The van der Waals surface area contributed by atoms with Crippen molar-refractivity contribution in [2.45, 2.75) is 6.04 Å². The Labute approximate surface area is 93.0 Å². The van der Waals surface area contributed by atoms with Crippen molar-refractivity contribution in [2.24, 2.45) is 0 Å². The van der Waals surface area contributed by atoms with Crippen molar-refractivity contribution in [3.05, 3.63) is 0 Å². The molecule has 0 radical (unpaired) electrons. The lowest BCUT2D eigenvalue weighted by Gasteiger charge is -2.32. The first-order valence-corrected chi connectivity index (χ1v) is 6.29. The van der Waals surface area contributed by atoms with Gasteiger partial charge in [0.2, 0.25) is 11.8 Å². The van der Waals surface area contributed by atoms with E-state index in [1.807, 2.05) is 16.7 Å². The number of hydrogen-bond donors (Lipinski definition) is 2. The van der Waals surface area contributed by atoms with E-state index in [4.69, 9.17) is 0 Å². The molecule has 2 fully saturated rings. The van der Waals surface area contributed by atoms with Crippen molar-refractivity contribution < 1.29 is 9.59 Å². The molecule has 0 bridgehead atoms. The number of rotatable bonds is 1. The fourth-order valence-corrected chi connectivity index (χ4v) is 2.65. The van der Waals surface area contributed by atoms with Gasteiger partial charge >= 0.3 is 0 Å². The molecule has 0 aromatic heterocycles. The minimum absolute atomic E-state index is 0.0340. The zero-order chi connectivity index (χ0) is 10.7. The minimum atomic E-state index is -0.231. The number of hydrogen-bond acceptors (Lipinski definition) is 4. The van der Waals surface area contributed by atoms with E-state index < -0.39 is 0 Å². The van der Waals surface area contributed by atoms with Gasteiger partial charge in [0.25, 0.3) is 0 Å². The molecule has 0 aromatic rings. The zero-order valence-corrected chi connectivity index (χ0v) is 9.31. The van der Waals surface area contributed by atoms with Gasteiger partial charge in [-0.25, -0.2) is 0 Å². The van der Waals surface area contributed by atoms with Gasteiger partial charge in [-0.3, -0.25) is 14.9 Å². The number of nitrogens with zero attached hydrogens (tertiary/aromatic N) is 1. The molecule has 1 unspecified atom stereocenters. The maximum atomic E-state index is 12.0. The van der Waals surface area contributed by atoms with Crippen LogP contribution in [0.15, 0.2) is 0 Å². The van der Waals surface area contributed by atoms with Gasteiger partial charge in [-0.2, -0.15) is 11.8 Å². The average Bonchev–Trinajstić information content (AvgIpc) is 2.30. The normalized spacial score (nSPS) is 27.3. The highest BCUT2D eigenvalue weighted by molar-refractivity contribution is 7.99. The second-order valence-electron chi connectivity index (χ2n) is 3.68. The number of carbonyl (C=O) groups is 2. The molecule has 6 heteroatoms. The number of thioether (sulfide) groups is 1. The molecule has 2 aliphatic heterocycles. The molecule has 15 heavy (non-hydrogen) atoms. The Kier molecular flexibility index (Phi) is 3.48. The standard InChI is InChI=1S/C9H15N3O2S/c13-8-6-10-7(5-11-8)9(14)12-1-3-15-4-2-12/h7,10H,1-6H2,(H,11,13). The van der Waals surface area contributed by atoms with Crippen LogP contribution in [0.5, 0.6) is 0 Å². The number of piperazine rings is 1. The Bertz CT molecular complexity index is 256. The van der Waals surface area contributed by atoms with Crippen molar-refractivity contribution in [1.29, 1.82) is 0 Å². The van der Waals surface area contributed by atoms with Crippen LogP contribution >= 0.6 is 11.8 Å². The topological polar surface area (TPSA) is 61.4 Å². The van der Waals surface area contributed by atoms with E-state index in [1.54, 1.807) is 0 Å². The van der Waals surface area contributed by atoms with Crippen molar-refractivity contribution in [3.8, 4) is 0 Å². The molecule has 2 heterocycles. The third-order valence-electron chi connectivity index (χ3n) is 2.63. The molecular weight excluding hydrogens is 214 g/mol. The van der Waals surface area contributed by atoms with Crippen LogP contribution in [0.4, 0.5) is 0 Å². The van der Waals surface area contributed by atoms with Crippen LogP contribution in [0.2, 0.25) is 0 Å². The van der Waals surface area contributed by atoms with Crippen LogP contribution in [-0.2, 0) is 9.59 Å². The van der Waals surface area contributed by atoms with Crippen LogP contribution in [0.25, 0.3) is 0 Å². The van der Waals surface area contributed by atoms with Crippen LogP contribution in [0, 0.1) is 0 Å². The monoisotopic (exact) mass is 229 g/mol. The fraction of sp³-hybridized carbons (Fsp3) is 0.778. The largest absolute Gasteiger partial charge is 0.353 e. The highest BCUT2D eigenvalue weighted by Crippen LogP contribution is 2.10. The van der Waals surface area contributed by atoms with Crippen molar-refractivity contribution in [2.75, 3.05) is 37.7 Å². The lowest BCUT2D eigenvalue weighted by Crippen LogP contribution is -2.59. The summed E-state index contributed by atoms with van der Waals surface area (Å²) < 4.78 is 0. The Balaban J connectivity index is 1.86. The summed E-state index contributed by atoms with van der Waals surface area (Å²) in [6.07, 6.45) is 0. The number of nitrogens with one attached hydrogen (secondary N) is 2. The fourth-order valence-electron chi connectivity index (χ4n) is 1.75. The Morgan fingerprint density at radius 3 is 2.73 bits per heavy atom. The first kappa shape index (κ1) is 10.8. The highest BCUT2D eigenvalue weighted by atomic mass is 32.2. The average molecular weight is 229 g/mol. The molecular formula is C9H15N3O2S. The van der Waals surface area contributed by atoms with E-state index in [9.17, 15) is 9.59 Å². The molecule has 0 saturated carbocycles. The highest BCUT2D eigenvalue weighted by Gasteiger charge is 2.28. The van der Waals surface area contributed by atoms with Gasteiger partial charge in [-0.1, -0.05) is 0 Å². The van der Waals surface area contributed by atoms with Gasteiger partial charge in [0, 0.05) is 31.1 Å². The molecule has 84 valence electrons. The second kappa shape index (κ2) is 4.85. The molecule has 2 saturated heterocycles. The Morgan fingerprint density at radius 2 is 2.13 bits per heavy atom. The molecule has 0 aromatic carbocycles. The van der Waals surface area contributed by atoms with Crippen LogP contribution < -0.4 is 10.6 Å². The smallest absolute Gasteiger partial charge is 0.241 e. The Morgan fingerprint density at radius 1 is 1.40 bits per heavy atom. The maximum Gasteiger partial charge on any atom is 0.241 e. The first-order chi connectivity index (χ1) is 7.27. The molecule has 2 rings (SSSR count). The molecule has 0 aliphatic carbocycles. The molecule has 2 N–H and O–H groups in total. The Hall–Kier alpha value is -0.750. The van der Waals surface area contributed by atoms with E-state index in [1.165, 1.54) is 0 Å². The van der Waals surface area contributed by atoms with E-state index in [-0.39, 0.29) is 24.4 Å². The zero-order valence-electron chi connectivity index (χ0n) is 8.49. The summed E-state index contributed by atoms with van der Waals surface area (Å²) >= 11 is 1.88. The summed E-state index contributed by atoms with van der Waals surface area (Å²) in [5, 5.41) is 5.65. The van der Waals surface area contributed by atoms with Crippen molar-refractivity contribution in [1.82, 2.24) is 15.5 Å². The molecule has 1 atom stereocenters. The minimum Gasteiger partial charge on any atom is -0.353 e. The lowest BCUT2D eigenvalue weighted by atomic mass is 10.2. The number of amides is 2. The van der Waals surface area contributed by atoms with Crippen LogP contribution in [-0.4, -0.2) is 60.4 Å². The second-order valence-corrected chi connectivity index (χ2v) is 4.90. The van der Waals surface area contributed by atoms with Crippen LogP contribution in [0.3, 0.4) is 0 Å². The summed E-state index contributed by atoms with van der Waals surface area (Å²) in [4.78, 5) is 24.7. The van der Waals surface area contributed by atoms with Crippen molar-refractivity contribution >= 4 is 23.6 Å². The van der Waals surface area contributed by atoms with Gasteiger partial charge in [0.15, 0.2) is 0 Å². The van der Waals surface area contributed by atoms with E-state index in [0.29, 0.717) is 6.54 Å². The number of carbonyl (C=O) groups excluding carboxylic acids is 2. The third kappa shape index (κ3) is 2.63. The molecule has 2 aliphatic rings. The van der Waals surface area contributed by atoms with Gasteiger partial charge in [-0.05, 0) is 0 Å². The summed E-state index contributed by atoms with van der Waals surface area (Å²) in [7, 11) is 0. The third-order valence-corrected chi connectivity index (χ3v) is 3.58. The predicted molar refractivity (Wildman–Crippen MR) is 58.7 cm³/mol.